The summed E-state index contributed by atoms with van der Waals surface area (Å²) in [5, 5.41) is 10.9. The van der Waals surface area contributed by atoms with E-state index in [0.717, 1.165) is 5.56 Å². The second kappa shape index (κ2) is 6.91. The van der Waals surface area contributed by atoms with Gasteiger partial charge in [-0.1, -0.05) is 24.3 Å². The van der Waals surface area contributed by atoms with E-state index in [1.54, 1.807) is 31.4 Å². The number of halogens is 1. The fraction of sp³-hybridized carbons (Fsp3) is 0.118. The minimum Gasteiger partial charge on any atom is -0.495 e. The first kappa shape index (κ1) is 15.7. The molecular weight excluding hydrogens is 311 g/mol. The summed E-state index contributed by atoms with van der Waals surface area (Å²) in [6.45, 7) is 0. The summed E-state index contributed by atoms with van der Waals surface area (Å²) in [7, 11) is 1.56. The van der Waals surface area contributed by atoms with Crippen molar-refractivity contribution in [3.63, 3.8) is 0 Å². The molecule has 2 aromatic carbocycles. The van der Waals surface area contributed by atoms with Crippen molar-refractivity contribution in [2.45, 2.75) is 6.42 Å². The molecule has 2 N–H and O–H groups in total. The Morgan fingerprint density at radius 2 is 1.88 bits per heavy atom. The van der Waals surface area contributed by atoms with E-state index in [1.165, 1.54) is 12.1 Å². The molecule has 0 amide bonds. The Bertz CT molecular complexity index is 894. The molecule has 3 aromatic rings. The normalized spacial score (nSPS) is 10.4. The van der Waals surface area contributed by atoms with Crippen LogP contribution >= 0.6 is 0 Å². The minimum atomic E-state index is -0.355. The minimum absolute atomic E-state index is 0.215. The third-order valence-electron chi connectivity index (χ3n) is 3.41. The number of aromatic amines is 1. The first-order valence-corrected chi connectivity index (χ1v) is 7.26. The lowest BCUT2D eigenvalue weighted by Crippen LogP contribution is -2.19. The number of nitrogens with one attached hydrogen (secondary N) is 2. The number of benzene rings is 2. The molecule has 0 radical (unpaired) electrons. The molecule has 0 fully saturated rings. The number of para-hydroxylation sites is 2. The van der Waals surface area contributed by atoms with E-state index in [2.05, 4.69) is 20.5 Å². The topological polar surface area (TPSA) is 79.9 Å². The highest BCUT2D eigenvalue weighted by Gasteiger charge is 2.08. The summed E-state index contributed by atoms with van der Waals surface area (Å²) in [4.78, 5) is 14.8. The van der Waals surface area contributed by atoms with Crippen molar-refractivity contribution in [1.82, 2.24) is 15.2 Å². The van der Waals surface area contributed by atoms with Crippen molar-refractivity contribution in [3.8, 4) is 5.75 Å². The first-order valence-electron chi connectivity index (χ1n) is 7.26. The zero-order chi connectivity index (χ0) is 16.9. The Kier molecular flexibility index (Phi) is 4.51. The van der Waals surface area contributed by atoms with Gasteiger partial charge in [-0.25, -0.2) is 4.39 Å². The van der Waals surface area contributed by atoms with Gasteiger partial charge >= 0.3 is 0 Å². The van der Waals surface area contributed by atoms with Gasteiger partial charge < -0.3 is 10.1 Å². The smallest absolute Gasteiger partial charge is 0.274 e. The summed E-state index contributed by atoms with van der Waals surface area (Å²) in [5.74, 6) is 0.512. The molecule has 24 heavy (non-hydrogen) atoms. The van der Waals surface area contributed by atoms with Crippen LogP contribution < -0.4 is 15.6 Å². The number of aromatic nitrogens is 3. The van der Waals surface area contributed by atoms with Crippen LogP contribution in [0.2, 0.25) is 0 Å². The van der Waals surface area contributed by atoms with Crippen LogP contribution in [-0.4, -0.2) is 22.3 Å². The Hall–Kier alpha value is -3.22. The van der Waals surface area contributed by atoms with E-state index in [1.807, 2.05) is 12.1 Å². The molecule has 0 bridgehead atoms. The molecule has 6 nitrogen and oxygen atoms in total. The zero-order valence-electron chi connectivity index (χ0n) is 12.9. The number of anilines is 2. The number of methoxy groups -OCH3 is 1. The molecule has 122 valence electrons. The van der Waals surface area contributed by atoms with Crippen LogP contribution in [0.5, 0.6) is 5.75 Å². The molecule has 1 heterocycles. The van der Waals surface area contributed by atoms with Gasteiger partial charge in [0.1, 0.15) is 17.3 Å². The number of ether oxygens (including phenoxy) is 1. The summed E-state index contributed by atoms with van der Waals surface area (Å²) < 4.78 is 18.1. The fourth-order valence-corrected chi connectivity index (χ4v) is 2.20. The molecule has 0 spiro atoms. The maximum atomic E-state index is 12.9. The highest BCUT2D eigenvalue weighted by Crippen LogP contribution is 2.24. The number of H-pyrrole nitrogens is 1. The predicted molar refractivity (Wildman–Crippen MR) is 88.1 cm³/mol. The van der Waals surface area contributed by atoms with Crippen LogP contribution in [0.4, 0.5) is 16.0 Å². The maximum absolute atomic E-state index is 12.9. The summed E-state index contributed by atoms with van der Waals surface area (Å²) in [6.07, 6.45) is 0.275. The Morgan fingerprint density at radius 3 is 2.58 bits per heavy atom. The quantitative estimate of drug-likeness (QED) is 0.753. The fourth-order valence-electron chi connectivity index (χ4n) is 2.20. The van der Waals surface area contributed by atoms with Gasteiger partial charge in [-0.05, 0) is 29.8 Å². The van der Waals surface area contributed by atoms with E-state index in [4.69, 9.17) is 4.74 Å². The van der Waals surface area contributed by atoms with Gasteiger partial charge in [-0.3, -0.25) is 9.78 Å². The number of hydrogen-bond acceptors (Lipinski definition) is 5. The number of nitrogens with zero attached hydrogens (tertiary/aromatic N) is 2. The number of rotatable bonds is 5. The van der Waals surface area contributed by atoms with Gasteiger partial charge in [0.2, 0.25) is 5.95 Å². The van der Waals surface area contributed by atoms with E-state index in [-0.39, 0.29) is 29.4 Å². The molecule has 0 aliphatic carbocycles. The molecule has 0 aliphatic heterocycles. The predicted octanol–water partition coefficient (Wildman–Crippen LogP) is 2.65. The average molecular weight is 326 g/mol. The number of hydrogen-bond donors (Lipinski definition) is 2. The third kappa shape index (κ3) is 3.57. The summed E-state index contributed by atoms with van der Waals surface area (Å²) in [6, 6.07) is 13.2. The zero-order valence-corrected chi connectivity index (χ0v) is 12.9. The highest BCUT2D eigenvalue weighted by molar-refractivity contribution is 5.61. The Balaban J connectivity index is 1.79. The lowest BCUT2D eigenvalue weighted by Gasteiger charge is -2.09. The molecule has 0 unspecified atom stereocenters. The first-order chi connectivity index (χ1) is 11.7. The third-order valence-corrected chi connectivity index (χ3v) is 3.41. The van der Waals surface area contributed by atoms with E-state index in [0.29, 0.717) is 11.4 Å². The second-order valence-electron chi connectivity index (χ2n) is 5.08. The molecule has 3 rings (SSSR count). The van der Waals surface area contributed by atoms with Gasteiger partial charge in [-0.2, -0.15) is 0 Å². The second-order valence-corrected chi connectivity index (χ2v) is 5.08. The molecular formula is C17H15FN4O2. The lowest BCUT2D eigenvalue weighted by molar-refractivity contribution is 0.417. The van der Waals surface area contributed by atoms with Crippen LogP contribution in [0.25, 0.3) is 0 Å². The van der Waals surface area contributed by atoms with Crippen molar-refractivity contribution in [2.75, 3.05) is 12.4 Å². The average Bonchev–Trinajstić information content (AvgIpc) is 2.60. The Morgan fingerprint density at radius 1 is 1.12 bits per heavy atom. The van der Waals surface area contributed by atoms with E-state index in [9.17, 15) is 9.18 Å². The molecule has 0 saturated heterocycles. The standard InChI is InChI=1S/C17H15FN4O2/c1-24-15-5-3-2-4-13(15)19-17-20-16(23)14(21-22-17)10-11-6-8-12(18)9-7-11/h2-9H,10H2,1H3,(H2,19,20,22,23). The highest BCUT2D eigenvalue weighted by atomic mass is 19.1. The molecule has 1 aromatic heterocycles. The monoisotopic (exact) mass is 326 g/mol. The summed E-state index contributed by atoms with van der Waals surface area (Å²) >= 11 is 0. The van der Waals surface area contributed by atoms with Crippen LogP contribution in [0, 0.1) is 5.82 Å². The maximum Gasteiger partial charge on any atom is 0.274 e. The van der Waals surface area contributed by atoms with Crippen molar-refractivity contribution in [2.24, 2.45) is 0 Å². The van der Waals surface area contributed by atoms with Crippen LogP contribution in [0.15, 0.2) is 53.3 Å². The summed E-state index contributed by atoms with van der Waals surface area (Å²) in [5.41, 5.74) is 1.34. The van der Waals surface area contributed by atoms with Gasteiger partial charge in [0.25, 0.3) is 5.56 Å². The largest absolute Gasteiger partial charge is 0.495 e. The molecule has 0 atom stereocenters. The Labute approximate surface area is 137 Å². The lowest BCUT2D eigenvalue weighted by atomic mass is 10.1. The van der Waals surface area contributed by atoms with E-state index < -0.39 is 0 Å². The SMILES string of the molecule is COc1ccccc1Nc1nnc(Cc2ccc(F)cc2)c(=O)[nH]1. The molecule has 7 heteroatoms. The van der Waals surface area contributed by atoms with Crippen molar-refractivity contribution in [3.05, 3.63) is 76.0 Å². The van der Waals surface area contributed by atoms with Crippen molar-refractivity contribution >= 4 is 11.6 Å². The van der Waals surface area contributed by atoms with Gasteiger partial charge in [-0.15, -0.1) is 10.2 Å². The van der Waals surface area contributed by atoms with Crippen LogP contribution in [0.3, 0.4) is 0 Å². The molecule has 0 aliphatic rings. The van der Waals surface area contributed by atoms with Crippen LogP contribution in [-0.2, 0) is 6.42 Å². The van der Waals surface area contributed by atoms with E-state index >= 15 is 0 Å². The van der Waals surface area contributed by atoms with Gasteiger partial charge in [0.15, 0.2) is 0 Å². The van der Waals surface area contributed by atoms with Crippen molar-refractivity contribution < 1.29 is 9.13 Å². The van der Waals surface area contributed by atoms with Gasteiger partial charge in [0.05, 0.1) is 12.8 Å². The van der Waals surface area contributed by atoms with Crippen LogP contribution in [0.1, 0.15) is 11.3 Å². The van der Waals surface area contributed by atoms with Crippen molar-refractivity contribution in [1.29, 1.82) is 0 Å². The van der Waals surface area contributed by atoms with Gasteiger partial charge in [0, 0.05) is 6.42 Å². The molecule has 0 saturated carbocycles.